The molecule has 0 radical (unpaired) electrons. The van der Waals surface area contributed by atoms with Crippen LogP contribution in [0.3, 0.4) is 0 Å². The van der Waals surface area contributed by atoms with E-state index in [-0.39, 0.29) is 5.56 Å². The number of fused-ring (bicyclic) bond motifs is 4. The fourth-order valence-corrected chi connectivity index (χ4v) is 4.82. The molecule has 0 fully saturated rings. The quantitative estimate of drug-likeness (QED) is 0.298. The molecule has 8 heteroatoms. The highest BCUT2D eigenvalue weighted by Crippen LogP contribution is 2.28. The van der Waals surface area contributed by atoms with E-state index in [1.807, 2.05) is 84.3 Å². The Morgan fingerprint density at radius 1 is 0.686 bits per heavy atom. The van der Waals surface area contributed by atoms with Gasteiger partial charge in [-0.05, 0) is 42.3 Å². The minimum absolute atomic E-state index is 0.181. The number of aryl methyl sites for hydroxylation is 1. The van der Waals surface area contributed by atoms with Gasteiger partial charge in [0.15, 0.2) is 11.3 Å². The van der Waals surface area contributed by atoms with Gasteiger partial charge in [0.1, 0.15) is 16.7 Å². The van der Waals surface area contributed by atoms with Gasteiger partial charge in [0.05, 0.1) is 24.1 Å². The molecule has 0 bridgehead atoms. The monoisotopic (exact) mass is 499 g/mol. The minimum atomic E-state index is -0.181. The molecule has 6 nitrogen and oxygen atoms in total. The molecule has 3 aromatic carbocycles. The van der Waals surface area contributed by atoms with Crippen molar-refractivity contribution < 1.29 is 0 Å². The van der Waals surface area contributed by atoms with Crippen LogP contribution in [0.4, 0.5) is 0 Å². The molecule has 0 saturated carbocycles. The molecule has 172 valence electrons. The van der Waals surface area contributed by atoms with Crippen LogP contribution in [0.2, 0.25) is 10.0 Å². The van der Waals surface area contributed by atoms with Gasteiger partial charge in [0.25, 0.3) is 5.56 Å². The number of halogens is 2. The summed E-state index contributed by atoms with van der Waals surface area (Å²) in [6, 6.07) is 22.8. The lowest BCUT2D eigenvalue weighted by Gasteiger charge is -2.12. The Bertz CT molecular complexity index is 1820. The van der Waals surface area contributed by atoms with Gasteiger partial charge in [-0.2, -0.15) is 0 Å². The normalized spacial score (nSPS) is 11.6. The third kappa shape index (κ3) is 3.66. The fraction of sp³-hybridized carbons (Fsp3) is 0.111. The van der Waals surface area contributed by atoms with Gasteiger partial charge < -0.3 is 4.57 Å². The first-order valence-corrected chi connectivity index (χ1v) is 11.9. The minimum Gasteiger partial charge on any atom is -0.304 e. The van der Waals surface area contributed by atoms with Gasteiger partial charge in [0, 0.05) is 10.0 Å². The average Bonchev–Trinajstić information content (AvgIpc) is 3.14. The maximum Gasteiger partial charge on any atom is 0.265 e. The summed E-state index contributed by atoms with van der Waals surface area (Å²) < 4.78 is 3.57. The molecule has 0 aliphatic heterocycles. The predicted molar refractivity (Wildman–Crippen MR) is 140 cm³/mol. The summed E-state index contributed by atoms with van der Waals surface area (Å²) in [5, 5.41) is 1.67. The third-order valence-corrected chi connectivity index (χ3v) is 6.95. The van der Waals surface area contributed by atoms with Crippen molar-refractivity contribution in [3.05, 3.63) is 110 Å². The van der Waals surface area contributed by atoms with Crippen LogP contribution in [0.25, 0.3) is 33.2 Å². The number of hydrogen-bond donors (Lipinski definition) is 0. The highest BCUT2D eigenvalue weighted by Gasteiger charge is 2.22. The first-order chi connectivity index (χ1) is 17.0. The lowest BCUT2D eigenvalue weighted by atomic mass is 10.2. The Hall–Kier alpha value is -3.74. The molecule has 6 aromatic rings. The average molecular weight is 500 g/mol. The summed E-state index contributed by atoms with van der Waals surface area (Å²) in [4.78, 5) is 28.5. The zero-order valence-corrected chi connectivity index (χ0v) is 20.3. The van der Waals surface area contributed by atoms with Gasteiger partial charge in [0.2, 0.25) is 0 Å². The summed E-state index contributed by atoms with van der Waals surface area (Å²) in [5.41, 5.74) is 4.69. The van der Waals surface area contributed by atoms with Gasteiger partial charge in [-0.1, -0.05) is 71.7 Å². The molecule has 3 heterocycles. The summed E-state index contributed by atoms with van der Waals surface area (Å²) in [6.07, 6.45) is 0. The number of nitrogens with zero attached hydrogens (tertiary/aromatic N) is 5. The molecular formula is C27H19Cl2N5O. The summed E-state index contributed by atoms with van der Waals surface area (Å²) in [6.45, 7) is 2.55. The van der Waals surface area contributed by atoms with E-state index >= 15 is 0 Å². The lowest BCUT2D eigenvalue weighted by molar-refractivity contribution is 0.707. The van der Waals surface area contributed by atoms with E-state index < -0.39 is 0 Å². The zero-order chi connectivity index (χ0) is 24.1. The Labute approximate surface area is 210 Å². The molecule has 35 heavy (non-hydrogen) atoms. The second-order valence-corrected chi connectivity index (χ2v) is 9.22. The number of benzene rings is 3. The van der Waals surface area contributed by atoms with Crippen molar-refractivity contribution in [1.29, 1.82) is 0 Å². The first-order valence-electron chi connectivity index (χ1n) is 11.1. The first kappa shape index (κ1) is 21.8. The molecule has 0 aliphatic rings. The van der Waals surface area contributed by atoms with E-state index in [2.05, 4.69) is 0 Å². The maximum atomic E-state index is 13.9. The number of aromatic nitrogens is 5. The molecule has 0 atom stereocenters. The van der Waals surface area contributed by atoms with E-state index in [1.165, 1.54) is 0 Å². The smallest absolute Gasteiger partial charge is 0.265 e. The molecule has 3 aromatic heterocycles. The largest absolute Gasteiger partial charge is 0.304 e. The molecule has 0 unspecified atom stereocenters. The van der Waals surface area contributed by atoms with E-state index in [4.69, 9.17) is 38.2 Å². The van der Waals surface area contributed by atoms with Crippen molar-refractivity contribution in [3.8, 4) is 0 Å². The molecule has 6 rings (SSSR count). The molecule has 0 N–H and O–H groups in total. The van der Waals surface area contributed by atoms with E-state index in [0.29, 0.717) is 51.2 Å². The van der Waals surface area contributed by atoms with Crippen LogP contribution in [0.1, 0.15) is 17.0 Å². The van der Waals surface area contributed by atoms with Crippen molar-refractivity contribution in [1.82, 2.24) is 24.1 Å². The van der Waals surface area contributed by atoms with Crippen LogP contribution in [0, 0.1) is 6.92 Å². The topological polar surface area (TPSA) is 65.6 Å². The summed E-state index contributed by atoms with van der Waals surface area (Å²) in [7, 11) is 0. The highest BCUT2D eigenvalue weighted by molar-refractivity contribution is 6.31. The second-order valence-electron chi connectivity index (χ2n) is 8.40. The highest BCUT2D eigenvalue weighted by atomic mass is 35.5. The summed E-state index contributed by atoms with van der Waals surface area (Å²) in [5.74, 6) is 0.579. The van der Waals surface area contributed by atoms with Crippen LogP contribution in [-0.4, -0.2) is 24.1 Å². The van der Waals surface area contributed by atoms with Crippen molar-refractivity contribution in [2.75, 3.05) is 0 Å². The van der Waals surface area contributed by atoms with Crippen molar-refractivity contribution in [2.45, 2.75) is 20.0 Å². The van der Waals surface area contributed by atoms with Crippen LogP contribution in [0.5, 0.6) is 0 Å². The Balaban J connectivity index is 1.67. The predicted octanol–water partition coefficient (Wildman–Crippen LogP) is 6.01. The summed E-state index contributed by atoms with van der Waals surface area (Å²) >= 11 is 12.9. The van der Waals surface area contributed by atoms with Crippen LogP contribution in [0.15, 0.2) is 77.6 Å². The Morgan fingerprint density at radius 3 is 1.86 bits per heavy atom. The fourth-order valence-electron chi connectivity index (χ4n) is 4.43. The zero-order valence-electron chi connectivity index (χ0n) is 18.7. The molecule has 0 spiro atoms. The number of para-hydroxylation sites is 2. The van der Waals surface area contributed by atoms with E-state index in [9.17, 15) is 4.79 Å². The SMILES string of the molecule is Cc1nc2c(c(=O)n1Cc1ccccc1Cl)c1nc3ccccc3nc1n2Cc1ccccc1Cl. The van der Waals surface area contributed by atoms with Crippen LogP contribution >= 0.6 is 23.2 Å². The number of hydrogen-bond acceptors (Lipinski definition) is 4. The third-order valence-electron chi connectivity index (χ3n) is 6.21. The molecule has 0 amide bonds. The van der Waals surface area contributed by atoms with Gasteiger partial charge in [-0.25, -0.2) is 15.0 Å². The van der Waals surface area contributed by atoms with Crippen molar-refractivity contribution in [3.63, 3.8) is 0 Å². The van der Waals surface area contributed by atoms with E-state index in [1.54, 1.807) is 4.57 Å². The van der Waals surface area contributed by atoms with Gasteiger partial charge in [-0.15, -0.1) is 0 Å². The van der Waals surface area contributed by atoms with Crippen LogP contribution < -0.4 is 5.56 Å². The van der Waals surface area contributed by atoms with E-state index in [0.717, 1.165) is 22.2 Å². The molecular weight excluding hydrogens is 481 g/mol. The van der Waals surface area contributed by atoms with Gasteiger partial charge >= 0.3 is 0 Å². The van der Waals surface area contributed by atoms with Crippen molar-refractivity contribution >= 4 is 56.4 Å². The maximum absolute atomic E-state index is 13.9. The Morgan fingerprint density at radius 2 is 1.23 bits per heavy atom. The lowest BCUT2D eigenvalue weighted by Crippen LogP contribution is -2.25. The molecule has 0 saturated heterocycles. The Kier molecular flexibility index (Phi) is 5.28. The number of rotatable bonds is 4. The van der Waals surface area contributed by atoms with Crippen molar-refractivity contribution in [2.24, 2.45) is 0 Å². The second kappa shape index (κ2) is 8.48. The van der Waals surface area contributed by atoms with Crippen LogP contribution in [-0.2, 0) is 13.1 Å². The molecule has 0 aliphatic carbocycles. The standard InChI is InChI=1S/C27H19Cl2N5O/c1-16-30-25-23(27(35)33(16)14-17-8-2-4-10-19(17)28)24-26(32-22-13-7-6-12-21(22)31-24)34(25)15-18-9-3-5-11-20(18)29/h2-13H,14-15H2,1H3. The van der Waals surface area contributed by atoms with Gasteiger partial charge in [-0.3, -0.25) is 9.36 Å².